The Hall–Kier alpha value is -0.590. The Kier molecular flexibility index (Phi) is 7.70. The van der Waals surface area contributed by atoms with Crippen molar-refractivity contribution in [1.82, 2.24) is 10.2 Å². The highest BCUT2D eigenvalue weighted by molar-refractivity contribution is 5.11. The fourth-order valence-electron chi connectivity index (χ4n) is 3.53. The first-order valence-electron chi connectivity index (χ1n) is 8.82. The van der Waals surface area contributed by atoms with Gasteiger partial charge in [0.2, 0.25) is 0 Å². The highest BCUT2D eigenvalue weighted by atomic mass is 15.2. The summed E-state index contributed by atoms with van der Waals surface area (Å²) < 4.78 is 0. The molecule has 0 saturated heterocycles. The van der Waals surface area contributed by atoms with Gasteiger partial charge < -0.3 is 0 Å². The molecule has 1 rings (SSSR count). The smallest absolute Gasteiger partial charge is 0.108 e. The van der Waals surface area contributed by atoms with E-state index < -0.39 is 0 Å². The summed E-state index contributed by atoms with van der Waals surface area (Å²) in [6.45, 7) is 14.6. The van der Waals surface area contributed by atoms with Crippen LogP contribution in [-0.4, -0.2) is 36.1 Å². The van der Waals surface area contributed by atoms with Crippen LogP contribution in [0.3, 0.4) is 0 Å². The number of hydrogen-bond donors (Lipinski definition) is 1. The van der Waals surface area contributed by atoms with E-state index in [-0.39, 0.29) is 5.54 Å². The second-order valence-electron chi connectivity index (χ2n) is 7.61. The summed E-state index contributed by atoms with van der Waals surface area (Å²) in [4.78, 5) is 2.65. The Labute approximate surface area is 132 Å². The SMILES string of the molecule is CCCNC1(C#N)CCCC(N(CC(C)C)CC(C)C)C1. The summed E-state index contributed by atoms with van der Waals surface area (Å²) >= 11 is 0. The van der Waals surface area contributed by atoms with E-state index in [1.807, 2.05) is 0 Å². The van der Waals surface area contributed by atoms with Gasteiger partial charge in [-0.05, 0) is 50.5 Å². The zero-order valence-corrected chi connectivity index (χ0v) is 14.8. The van der Waals surface area contributed by atoms with Crippen LogP contribution in [-0.2, 0) is 0 Å². The van der Waals surface area contributed by atoms with Crippen molar-refractivity contribution in [3.8, 4) is 6.07 Å². The molecule has 122 valence electrons. The van der Waals surface area contributed by atoms with Gasteiger partial charge in [-0.15, -0.1) is 0 Å². The molecule has 1 aliphatic carbocycles. The molecule has 0 heterocycles. The van der Waals surface area contributed by atoms with Crippen LogP contribution in [0.2, 0.25) is 0 Å². The van der Waals surface area contributed by atoms with Gasteiger partial charge in [-0.3, -0.25) is 10.2 Å². The van der Waals surface area contributed by atoms with E-state index in [2.05, 4.69) is 50.9 Å². The number of hydrogen-bond acceptors (Lipinski definition) is 3. The summed E-state index contributed by atoms with van der Waals surface area (Å²) in [6, 6.07) is 3.17. The normalized spacial score (nSPS) is 26.5. The first kappa shape index (κ1) is 18.5. The number of rotatable bonds is 8. The monoisotopic (exact) mass is 293 g/mol. The molecule has 3 heteroatoms. The number of nitrogens with one attached hydrogen (secondary N) is 1. The molecule has 0 aromatic rings. The van der Waals surface area contributed by atoms with E-state index in [4.69, 9.17) is 0 Å². The van der Waals surface area contributed by atoms with Crippen LogP contribution in [0.1, 0.15) is 66.7 Å². The van der Waals surface area contributed by atoms with Crippen LogP contribution >= 0.6 is 0 Å². The van der Waals surface area contributed by atoms with Crippen LogP contribution < -0.4 is 5.32 Å². The fourth-order valence-corrected chi connectivity index (χ4v) is 3.53. The van der Waals surface area contributed by atoms with Gasteiger partial charge in [0.05, 0.1) is 6.07 Å². The van der Waals surface area contributed by atoms with Crippen molar-refractivity contribution >= 4 is 0 Å². The lowest BCUT2D eigenvalue weighted by Gasteiger charge is -2.43. The minimum absolute atomic E-state index is 0.287. The molecule has 0 spiro atoms. The maximum absolute atomic E-state index is 9.70. The molecule has 2 unspecified atom stereocenters. The third-order valence-electron chi connectivity index (χ3n) is 4.37. The fraction of sp³-hybridized carbons (Fsp3) is 0.944. The average molecular weight is 293 g/mol. The highest BCUT2D eigenvalue weighted by Crippen LogP contribution is 2.31. The molecule has 0 aliphatic heterocycles. The molecule has 1 saturated carbocycles. The molecule has 2 atom stereocenters. The van der Waals surface area contributed by atoms with Crippen LogP contribution in [0.4, 0.5) is 0 Å². The first-order chi connectivity index (χ1) is 9.92. The Balaban J connectivity index is 2.76. The van der Waals surface area contributed by atoms with E-state index in [9.17, 15) is 5.26 Å². The van der Waals surface area contributed by atoms with Crippen molar-refractivity contribution < 1.29 is 0 Å². The topological polar surface area (TPSA) is 39.1 Å². The highest BCUT2D eigenvalue weighted by Gasteiger charge is 2.38. The van der Waals surface area contributed by atoms with Crippen molar-refractivity contribution in [1.29, 1.82) is 5.26 Å². The molecule has 21 heavy (non-hydrogen) atoms. The third kappa shape index (κ3) is 5.96. The summed E-state index contributed by atoms with van der Waals surface area (Å²) in [5.74, 6) is 1.37. The van der Waals surface area contributed by atoms with E-state index in [1.54, 1.807) is 0 Å². The van der Waals surface area contributed by atoms with Gasteiger partial charge in [-0.25, -0.2) is 0 Å². The zero-order chi connectivity index (χ0) is 15.9. The van der Waals surface area contributed by atoms with E-state index in [1.165, 1.54) is 12.8 Å². The van der Waals surface area contributed by atoms with Gasteiger partial charge in [0.1, 0.15) is 5.54 Å². The summed E-state index contributed by atoms with van der Waals surface area (Å²) in [6.07, 6.45) is 5.51. The van der Waals surface area contributed by atoms with Crippen molar-refractivity contribution in [2.24, 2.45) is 11.8 Å². The molecular weight excluding hydrogens is 258 g/mol. The van der Waals surface area contributed by atoms with Crippen LogP contribution in [0.5, 0.6) is 0 Å². The van der Waals surface area contributed by atoms with Crippen LogP contribution in [0, 0.1) is 23.2 Å². The lowest BCUT2D eigenvalue weighted by molar-refractivity contribution is 0.0967. The predicted molar refractivity (Wildman–Crippen MR) is 90.1 cm³/mol. The molecule has 0 radical (unpaired) electrons. The van der Waals surface area contributed by atoms with Crippen molar-refractivity contribution in [3.05, 3.63) is 0 Å². The number of nitriles is 1. The van der Waals surface area contributed by atoms with Crippen molar-refractivity contribution in [2.45, 2.75) is 78.3 Å². The lowest BCUT2D eigenvalue weighted by atomic mass is 9.79. The van der Waals surface area contributed by atoms with E-state index >= 15 is 0 Å². The van der Waals surface area contributed by atoms with Crippen molar-refractivity contribution in [3.63, 3.8) is 0 Å². The maximum Gasteiger partial charge on any atom is 0.108 e. The van der Waals surface area contributed by atoms with Gasteiger partial charge in [0.25, 0.3) is 0 Å². The Morgan fingerprint density at radius 1 is 1.24 bits per heavy atom. The Bertz CT molecular complexity index is 322. The standard InChI is InChI=1S/C18H35N3/c1-6-10-20-18(14-19)9-7-8-17(11-18)21(12-15(2)3)13-16(4)5/h15-17,20H,6-13H2,1-5H3. The van der Waals surface area contributed by atoms with E-state index in [0.29, 0.717) is 17.9 Å². The third-order valence-corrected chi connectivity index (χ3v) is 4.37. The van der Waals surface area contributed by atoms with E-state index in [0.717, 1.165) is 38.9 Å². The largest absolute Gasteiger partial charge is 0.300 e. The average Bonchev–Trinajstić information content (AvgIpc) is 2.44. The summed E-state index contributed by atoms with van der Waals surface area (Å²) in [7, 11) is 0. The quantitative estimate of drug-likeness (QED) is 0.740. The van der Waals surface area contributed by atoms with Crippen LogP contribution in [0.15, 0.2) is 0 Å². The number of nitrogens with zero attached hydrogens (tertiary/aromatic N) is 2. The molecule has 1 N–H and O–H groups in total. The van der Waals surface area contributed by atoms with Crippen molar-refractivity contribution in [2.75, 3.05) is 19.6 Å². The van der Waals surface area contributed by atoms with Gasteiger partial charge in [0, 0.05) is 19.1 Å². The van der Waals surface area contributed by atoms with Gasteiger partial charge in [-0.2, -0.15) is 5.26 Å². The molecule has 1 aliphatic rings. The van der Waals surface area contributed by atoms with Gasteiger partial charge in [0.15, 0.2) is 0 Å². The second kappa shape index (κ2) is 8.76. The molecular formula is C18H35N3. The lowest BCUT2D eigenvalue weighted by Crippen LogP contribution is -2.54. The summed E-state index contributed by atoms with van der Waals surface area (Å²) in [5, 5.41) is 13.2. The molecule has 3 nitrogen and oxygen atoms in total. The first-order valence-corrected chi connectivity index (χ1v) is 8.82. The van der Waals surface area contributed by atoms with Gasteiger partial charge >= 0.3 is 0 Å². The maximum atomic E-state index is 9.70. The summed E-state index contributed by atoms with van der Waals surface area (Å²) in [5.41, 5.74) is -0.287. The minimum Gasteiger partial charge on any atom is -0.300 e. The van der Waals surface area contributed by atoms with Gasteiger partial charge in [-0.1, -0.05) is 34.6 Å². The minimum atomic E-state index is -0.287. The molecule has 0 amide bonds. The second-order valence-corrected chi connectivity index (χ2v) is 7.61. The zero-order valence-electron chi connectivity index (χ0n) is 14.8. The molecule has 0 aromatic heterocycles. The molecule has 0 aromatic carbocycles. The van der Waals surface area contributed by atoms with Crippen LogP contribution in [0.25, 0.3) is 0 Å². The Morgan fingerprint density at radius 2 is 1.86 bits per heavy atom. The Morgan fingerprint density at radius 3 is 2.33 bits per heavy atom. The predicted octanol–water partition coefficient (Wildman–Crippen LogP) is 3.80. The molecule has 1 fully saturated rings. The molecule has 0 bridgehead atoms.